The molecule has 0 aromatic carbocycles. The molecular weight excluding hydrogens is 556 g/mol. The van der Waals surface area contributed by atoms with Crippen molar-refractivity contribution in [3.63, 3.8) is 0 Å². The normalized spacial score (nSPS) is 34.8. The second kappa shape index (κ2) is 17.2. The van der Waals surface area contributed by atoms with Crippen LogP contribution in [-0.2, 0) is 19.1 Å². The Morgan fingerprint density at radius 1 is 0.778 bits per heavy atom. The zero-order valence-electron chi connectivity index (χ0n) is 30.1. The van der Waals surface area contributed by atoms with E-state index in [0.29, 0.717) is 23.9 Å². The van der Waals surface area contributed by atoms with Gasteiger partial charge in [0.05, 0.1) is 6.61 Å². The molecular formula is C41H70O4. The molecule has 4 heteroatoms. The van der Waals surface area contributed by atoms with E-state index in [2.05, 4.69) is 41.2 Å². The van der Waals surface area contributed by atoms with Gasteiger partial charge in [0.25, 0.3) is 0 Å². The Bertz CT molecular complexity index is 942. The minimum absolute atomic E-state index is 0.0410. The number of rotatable bonds is 18. The molecule has 0 amide bonds. The van der Waals surface area contributed by atoms with Crippen molar-refractivity contribution in [2.45, 2.75) is 176 Å². The van der Waals surface area contributed by atoms with Gasteiger partial charge in [0.2, 0.25) is 0 Å². The molecule has 0 aromatic rings. The predicted molar refractivity (Wildman–Crippen MR) is 186 cm³/mol. The SMILES string of the molecule is C=CC(=O)OCCCCCCCCCCC(=O)OC1CC[C@@]2(C)C(CCC3C2CC[C@@]2(C)C3CC[C@@H]2[C@H](C)CCCC(C)C)C1. The number of hydrogen-bond donors (Lipinski definition) is 0. The highest BCUT2D eigenvalue weighted by Gasteiger charge is 2.60. The van der Waals surface area contributed by atoms with Gasteiger partial charge < -0.3 is 9.47 Å². The first-order chi connectivity index (χ1) is 21.6. The molecule has 45 heavy (non-hydrogen) atoms. The summed E-state index contributed by atoms with van der Waals surface area (Å²) in [4.78, 5) is 23.8. The Morgan fingerprint density at radius 2 is 1.44 bits per heavy atom. The van der Waals surface area contributed by atoms with Crippen LogP contribution >= 0.6 is 0 Å². The molecule has 0 aliphatic heterocycles. The Labute approximate surface area is 277 Å². The van der Waals surface area contributed by atoms with Gasteiger partial charge in [0.1, 0.15) is 6.10 Å². The maximum atomic E-state index is 12.8. The van der Waals surface area contributed by atoms with E-state index in [4.69, 9.17) is 9.47 Å². The van der Waals surface area contributed by atoms with Crippen molar-refractivity contribution in [2.24, 2.45) is 52.3 Å². The van der Waals surface area contributed by atoms with Gasteiger partial charge in [0.15, 0.2) is 0 Å². The summed E-state index contributed by atoms with van der Waals surface area (Å²) < 4.78 is 11.1. The minimum atomic E-state index is -0.329. The Balaban J connectivity index is 1.13. The van der Waals surface area contributed by atoms with Crippen LogP contribution in [0.3, 0.4) is 0 Å². The maximum Gasteiger partial charge on any atom is 0.330 e. The van der Waals surface area contributed by atoms with Crippen LogP contribution < -0.4 is 0 Å². The summed E-state index contributed by atoms with van der Waals surface area (Å²) >= 11 is 0. The van der Waals surface area contributed by atoms with Crippen LogP contribution in [0.5, 0.6) is 0 Å². The van der Waals surface area contributed by atoms with Crippen LogP contribution in [0.15, 0.2) is 12.7 Å². The lowest BCUT2D eigenvalue weighted by Crippen LogP contribution is -2.54. The second-order valence-electron chi connectivity index (χ2n) is 17.0. The summed E-state index contributed by atoms with van der Waals surface area (Å²) in [5.74, 6) is 5.85. The molecule has 0 aromatic heterocycles. The lowest BCUT2D eigenvalue weighted by Gasteiger charge is -2.61. The fraction of sp³-hybridized carbons (Fsp3) is 0.902. The van der Waals surface area contributed by atoms with Crippen molar-refractivity contribution < 1.29 is 19.1 Å². The Morgan fingerprint density at radius 3 is 2.16 bits per heavy atom. The lowest BCUT2D eigenvalue weighted by atomic mass is 9.44. The molecule has 4 rings (SSSR count). The van der Waals surface area contributed by atoms with Crippen LogP contribution in [0, 0.1) is 52.3 Å². The van der Waals surface area contributed by atoms with Gasteiger partial charge in [-0.25, -0.2) is 4.79 Å². The molecule has 4 aliphatic rings. The summed E-state index contributed by atoms with van der Waals surface area (Å²) in [6, 6.07) is 0. The standard InChI is InChI=1S/C41H70O4/c1-7-38(42)44-28-15-13-11-9-8-10-12-14-19-39(43)45-33-24-26-40(5)32(29-33)20-21-34-36-23-22-35(31(4)18-16-17-30(2)3)41(36,6)27-25-37(34)40/h7,30-37H,1,8-29H2,2-6H3/t31-,32?,33?,34?,35-,36?,37?,40+,41-/m1/s1. The summed E-state index contributed by atoms with van der Waals surface area (Å²) in [6.07, 6.45) is 27.1. The van der Waals surface area contributed by atoms with Crippen molar-refractivity contribution >= 4 is 11.9 Å². The average Bonchev–Trinajstić information content (AvgIpc) is 3.37. The fourth-order valence-electron chi connectivity index (χ4n) is 11.3. The highest BCUT2D eigenvalue weighted by Crippen LogP contribution is 2.68. The largest absolute Gasteiger partial charge is 0.463 e. The Kier molecular flexibility index (Phi) is 13.9. The monoisotopic (exact) mass is 627 g/mol. The number of hydrogen-bond acceptors (Lipinski definition) is 4. The van der Waals surface area contributed by atoms with E-state index < -0.39 is 0 Å². The molecule has 0 saturated heterocycles. The van der Waals surface area contributed by atoms with Crippen LogP contribution in [0.1, 0.15) is 169 Å². The molecule has 0 bridgehead atoms. The quantitative estimate of drug-likeness (QED) is 0.0863. The van der Waals surface area contributed by atoms with Gasteiger partial charge in [-0.1, -0.05) is 99.0 Å². The zero-order chi connectivity index (χ0) is 32.5. The molecule has 9 atom stereocenters. The van der Waals surface area contributed by atoms with E-state index in [1.165, 1.54) is 96.0 Å². The average molecular weight is 627 g/mol. The fourth-order valence-corrected chi connectivity index (χ4v) is 11.3. The van der Waals surface area contributed by atoms with E-state index in [-0.39, 0.29) is 18.0 Å². The van der Waals surface area contributed by atoms with E-state index in [0.717, 1.165) is 80.0 Å². The number of unbranched alkanes of at least 4 members (excludes halogenated alkanes) is 7. The third-order valence-electron chi connectivity index (χ3n) is 13.8. The van der Waals surface area contributed by atoms with E-state index >= 15 is 0 Å². The number of carbonyl (C=O) groups is 2. The van der Waals surface area contributed by atoms with Gasteiger partial charge in [-0.2, -0.15) is 0 Å². The zero-order valence-corrected chi connectivity index (χ0v) is 30.1. The summed E-state index contributed by atoms with van der Waals surface area (Å²) in [6.45, 7) is 16.6. The molecule has 0 heterocycles. The van der Waals surface area contributed by atoms with Gasteiger partial charge in [-0.3, -0.25) is 4.79 Å². The van der Waals surface area contributed by atoms with Crippen molar-refractivity contribution in [3.8, 4) is 0 Å². The molecule has 5 unspecified atom stereocenters. The molecule has 4 saturated carbocycles. The van der Waals surface area contributed by atoms with E-state index in [1.807, 2.05) is 0 Å². The van der Waals surface area contributed by atoms with Crippen LogP contribution in [-0.4, -0.2) is 24.6 Å². The molecule has 258 valence electrons. The van der Waals surface area contributed by atoms with E-state index in [9.17, 15) is 9.59 Å². The van der Waals surface area contributed by atoms with Crippen LogP contribution in [0.2, 0.25) is 0 Å². The summed E-state index contributed by atoms with van der Waals surface area (Å²) in [5.41, 5.74) is 1.02. The second-order valence-corrected chi connectivity index (χ2v) is 17.0. The number of ether oxygens (including phenoxy) is 2. The molecule has 4 fully saturated rings. The highest BCUT2D eigenvalue weighted by molar-refractivity contribution is 5.81. The molecule has 4 aliphatic carbocycles. The first kappa shape index (κ1) is 36.5. The van der Waals surface area contributed by atoms with Gasteiger partial charge in [-0.05, 0) is 123 Å². The summed E-state index contributed by atoms with van der Waals surface area (Å²) in [7, 11) is 0. The highest BCUT2D eigenvalue weighted by atomic mass is 16.5. The summed E-state index contributed by atoms with van der Waals surface area (Å²) in [5, 5.41) is 0. The van der Waals surface area contributed by atoms with Crippen LogP contribution in [0.4, 0.5) is 0 Å². The lowest BCUT2D eigenvalue weighted by molar-refractivity contribution is -0.162. The predicted octanol–water partition coefficient (Wildman–Crippen LogP) is 11.3. The first-order valence-electron chi connectivity index (χ1n) is 19.6. The molecule has 0 N–H and O–H groups in total. The molecule has 4 nitrogen and oxygen atoms in total. The number of carbonyl (C=O) groups excluding carboxylic acids is 2. The van der Waals surface area contributed by atoms with Gasteiger partial charge in [0, 0.05) is 12.5 Å². The van der Waals surface area contributed by atoms with E-state index in [1.54, 1.807) is 0 Å². The number of fused-ring (bicyclic) bond motifs is 5. The van der Waals surface area contributed by atoms with Crippen molar-refractivity contribution in [2.75, 3.05) is 6.61 Å². The topological polar surface area (TPSA) is 52.6 Å². The molecule has 0 radical (unpaired) electrons. The number of esters is 2. The smallest absolute Gasteiger partial charge is 0.330 e. The van der Waals surface area contributed by atoms with Crippen molar-refractivity contribution in [1.29, 1.82) is 0 Å². The third-order valence-corrected chi connectivity index (χ3v) is 13.8. The first-order valence-corrected chi connectivity index (χ1v) is 19.6. The minimum Gasteiger partial charge on any atom is -0.463 e. The molecule has 0 spiro atoms. The van der Waals surface area contributed by atoms with Gasteiger partial charge in [-0.15, -0.1) is 0 Å². The Hall–Kier alpha value is -1.32. The van der Waals surface area contributed by atoms with Crippen molar-refractivity contribution in [1.82, 2.24) is 0 Å². The maximum absolute atomic E-state index is 12.8. The third kappa shape index (κ3) is 9.40. The van der Waals surface area contributed by atoms with Gasteiger partial charge >= 0.3 is 11.9 Å². The van der Waals surface area contributed by atoms with Crippen LogP contribution in [0.25, 0.3) is 0 Å². The van der Waals surface area contributed by atoms with Crippen molar-refractivity contribution in [3.05, 3.63) is 12.7 Å².